The summed E-state index contributed by atoms with van der Waals surface area (Å²) in [7, 11) is 0. The average molecular weight is 257 g/mol. The highest BCUT2D eigenvalue weighted by molar-refractivity contribution is 5.57. The predicted molar refractivity (Wildman–Crippen MR) is 69.1 cm³/mol. The van der Waals surface area contributed by atoms with E-state index in [-0.39, 0.29) is 6.10 Å². The third-order valence-electron chi connectivity index (χ3n) is 3.81. The summed E-state index contributed by atoms with van der Waals surface area (Å²) >= 11 is 0. The molecule has 98 valence electrons. The molecule has 1 aliphatic heterocycles. The van der Waals surface area contributed by atoms with Crippen LogP contribution in [0.3, 0.4) is 0 Å². The Morgan fingerprint density at radius 2 is 2.16 bits per heavy atom. The van der Waals surface area contributed by atoms with Crippen molar-refractivity contribution in [2.45, 2.75) is 25.4 Å². The van der Waals surface area contributed by atoms with Crippen LogP contribution in [-0.4, -0.2) is 16.7 Å². The van der Waals surface area contributed by atoms with Crippen LogP contribution in [0.2, 0.25) is 0 Å². The predicted octanol–water partition coefficient (Wildman–Crippen LogP) is 2.74. The monoisotopic (exact) mass is 257 g/mol. The quantitative estimate of drug-likeness (QED) is 0.896. The number of para-hydroxylation sites is 2. The standard InChI is InChI=1S/C14H15N3O2/c1-8-6-9(8)13-16-14(19-17-13)12-7-15-10-4-2-3-5-11(10)18-12/h2-5,8-9,12,15H,6-7H2,1H3. The Kier molecular flexibility index (Phi) is 2.27. The highest BCUT2D eigenvalue weighted by atomic mass is 16.5. The van der Waals surface area contributed by atoms with Crippen LogP contribution < -0.4 is 10.1 Å². The second kappa shape index (κ2) is 3.98. The first-order valence-corrected chi connectivity index (χ1v) is 6.64. The zero-order chi connectivity index (χ0) is 12.8. The van der Waals surface area contributed by atoms with Gasteiger partial charge in [-0.25, -0.2) is 0 Å². The number of aromatic nitrogens is 2. The Labute approximate surface area is 111 Å². The third kappa shape index (κ3) is 1.85. The van der Waals surface area contributed by atoms with Crippen molar-refractivity contribution in [3.63, 3.8) is 0 Å². The molecule has 3 atom stereocenters. The van der Waals surface area contributed by atoms with Crippen LogP contribution in [0.4, 0.5) is 5.69 Å². The SMILES string of the molecule is CC1CC1c1noc(C2CNc3ccccc3O2)n1. The molecule has 2 aromatic rings. The van der Waals surface area contributed by atoms with Crippen molar-refractivity contribution < 1.29 is 9.26 Å². The number of hydrogen-bond acceptors (Lipinski definition) is 5. The van der Waals surface area contributed by atoms with Gasteiger partial charge in [-0.15, -0.1) is 0 Å². The van der Waals surface area contributed by atoms with Crippen molar-refractivity contribution in [3.8, 4) is 5.75 Å². The molecule has 5 heteroatoms. The Morgan fingerprint density at radius 3 is 3.00 bits per heavy atom. The molecule has 1 fully saturated rings. The molecule has 0 bridgehead atoms. The van der Waals surface area contributed by atoms with Crippen LogP contribution in [0.1, 0.15) is 37.1 Å². The number of fused-ring (bicyclic) bond motifs is 1. The molecule has 2 heterocycles. The van der Waals surface area contributed by atoms with E-state index < -0.39 is 0 Å². The largest absolute Gasteiger partial charge is 0.477 e. The fraction of sp³-hybridized carbons (Fsp3) is 0.429. The first-order chi connectivity index (χ1) is 9.31. The number of benzene rings is 1. The van der Waals surface area contributed by atoms with E-state index in [1.807, 2.05) is 24.3 Å². The highest BCUT2D eigenvalue weighted by Crippen LogP contribution is 2.45. The zero-order valence-electron chi connectivity index (χ0n) is 10.7. The summed E-state index contributed by atoms with van der Waals surface area (Å²) in [4.78, 5) is 4.48. The van der Waals surface area contributed by atoms with Gasteiger partial charge >= 0.3 is 0 Å². The maximum atomic E-state index is 5.90. The molecule has 0 amide bonds. The molecule has 19 heavy (non-hydrogen) atoms. The molecule has 0 spiro atoms. The van der Waals surface area contributed by atoms with E-state index in [2.05, 4.69) is 22.4 Å². The minimum absolute atomic E-state index is 0.204. The molecular formula is C14H15N3O2. The molecule has 5 nitrogen and oxygen atoms in total. The van der Waals surface area contributed by atoms with Crippen LogP contribution >= 0.6 is 0 Å². The van der Waals surface area contributed by atoms with Gasteiger partial charge in [-0.2, -0.15) is 4.98 Å². The van der Waals surface area contributed by atoms with Gasteiger partial charge in [0.2, 0.25) is 0 Å². The van der Waals surface area contributed by atoms with Gasteiger partial charge in [-0.3, -0.25) is 0 Å². The molecule has 1 saturated carbocycles. The summed E-state index contributed by atoms with van der Waals surface area (Å²) in [5.41, 5.74) is 1.01. The molecule has 0 radical (unpaired) electrons. The van der Waals surface area contributed by atoms with Gasteiger partial charge in [0.25, 0.3) is 5.89 Å². The van der Waals surface area contributed by atoms with Crippen molar-refractivity contribution in [2.75, 3.05) is 11.9 Å². The summed E-state index contributed by atoms with van der Waals surface area (Å²) in [6.45, 7) is 2.86. The fourth-order valence-corrected chi connectivity index (χ4v) is 2.46. The molecule has 1 aliphatic carbocycles. The lowest BCUT2D eigenvalue weighted by molar-refractivity contribution is 0.162. The molecule has 4 rings (SSSR count). The summed E-state index contributed by atoms with van der Waals surface area (Å²) in [5, 5.41) is 7.39. The minimum Gasteiger partial charge on any atom is -0.477 e. The number of rotatable bonds is 2. The van der Waals surface area contributed by atoms with Crippen molar-refractivity contribution in [1.82, 2.24) is 10.1 Å². The van der Waals surface area contributed by atoms with Crippen molar-refractivity contribution in [3.05, 3.63) is 36.0 Å². The third-order valence-corrected chi connectivity index (χ3v) is 3.81. The Bertz CT molecular complexity index is 610. The van der Waals surface area contributed by atoms with E-state index in [1.54, 1.807) is 0 Å². The van der Waals surface area contributed by atoms with Crippen LogP contribution in [0.25, 0.3) is 0 Å². The Balaban J connectivity index is 1.56. The molecule has 0 saturated heterocycles. The summed E-state index contributed by atoms with van der Waals surface area (Å²) in [5.74, 6) is 3.37. The molecule has 1 aromatic carbocycles. The Hall–Kier alpha value is -2.04. The average Bonchev–Trinajstić information content (AvgIpc) is 3.00. The number of nitrogens with zero attached hydrogens (tertiary/aromatic N) is 2. The topological polar surface area (TPSA) is 60.2 Å². The van der Waals surface area contributed by atoms with Gasteiger partial charge in [-0.05, 0) is 24.5 Å². The maximum absolute atomic E-state index is 5.90. The fourth-order valence-electron chi connectivity index (χ4n) is 2.46. The molecule has 1 N–H and O–H groups in total. The molecular weight excluding hydrogens is 242 g/mol. The highest BCUT2D eigenvalue weighted by Gasteiger charge is 2.39. The van der Waals surface area contributed by atoms with Gasteiger partial charge in [0.05, 0.1) is 12.2 Å². The minimum atomic E-state index is -0.204. The van der Waals surface area contributed by atoms with Crippen molar-refractivity contribution in [2.24, 2.45) is 5.92 Å². The van der Waals surface area contributed by atoms with Crippen LogP contribution in [0, 0.1) is 5.92 Å². The van der Waals surface area contributed by atoms with Gasteiger partial charge in [0.15, 0.2) is 11.9 Å². The van der Waals surface area contributed by atoms with Gasteiger partial charge in [0.1, 0.15) is 5.75 Å². The van der Waals surface area contributed by atoms with Gasteiger partial charge in [-0.1, -0.05) is 24.2 Å². The Morgan fingerprint density at radius 1 is 1.32 bits per heavy atom. The van der Waals surface area contributed by atoms with E-state index >= 15 is 0 Å². The van der Waals surface area contributed by atoms with Gasteiger partial charge < -0.3 is 14.6 Å². The second-order valence-electron chi connectivity index (χ2n) is 5.29. The lowest BCUT2D eigenvalue weighted by Gasteiger charge is -2.24. The van der Waals surface area contributed by atoms with Gasteiger partial charge in [0, 0.05) is 5.92 Å². The zero-order valence-corrected chi connectivity index (χ0v) is 10.7. The molecule has 2 aliphatic rings. The van der Waals surface area contributed by atoms with Crippen LogP contribution in [0.15, 0.2) is 28.8 Å². The van der Waals surface area contributed by atoms with Crippen molar-refractivity contribution in [1.29, 1.82) is 0 Å². The smallest absolute Gasteiger partial charge is 0.269 e. The van der Waals surface area contributed by atoms with E-state index in [4.69, 9.17) is 9.26 Å². The number of ether oxygens (including phenoxy) is 1. The van der Waals surface area contributed by atoms with E-state index in [0.717, 1.165) is 23.7 Å². The van der Waals surface area contributed by atoms with Crippen molar-refractivity contribution >= 4 is 5.69 Å². The summed E-state index contributed by atoms with van der Waals surface area (Å²) < 4.78 is 11.2. The number of anilines is 1. The summed E-state index contributed by atoms with van der Waals surface area (Å²) in [6, 6.07) is 7.87. The lowest BCUT2D eigenvalue weighted by atomic mass is 10.2. The lowest BCUT2D eigenvalue weighted by Crippen LogP contribution is -2.23. The first-order valence-electron chi connectivity index (χ1n) is 6.64. The molecule has 1 aromatic heterocycles. The van der Waals surface area contributed by atoms with E-state index in [9.17, 15) is 0 Å². The second-order valence-corrected chi connectivity index (χ2v) is 5.29. The summed E-state index contributed by atoms with van der Waals surface area (Å²) in [6.07, 6.45) is 0.955. The van der Waals surface area contributed by atoms with Crippen LogP contribution in [0.5, 0.6) is 5.75 Å². The van der Waals surface area contributed by atoms with Crippen LogP contribution in [-0.2, 0) is 0 Å². The molecule has 3 unspecified atom stereocenters. The van der Waals surface area contributed by atoms with E-state index in [1.165, 1.54) is 0 Å². The van der Waals surface area contributed by atoms with E-state index in [0.29, 0.717) is 24.3 Å². The number of hydrogen-bond donors (Lipinski definition) is 1. The maximum Gasteiger partial charge on any atom is 0.269 e. The normalized spacial score (nSPS) is 28.2. The number of nitrogens with one attached hydrogen (secondary N) is 1. The first kappa shape index (κ1) is 10.8.